The second kappa shape index (κ2) is 7.51. The summed E-state index contributed by atoms with van der Waals surface area (Å²) in [5.74, 6) is 1.34. The van der Waals surface area contributed by atoms with E-state index in [0.717, 1.165) is 17.7 Å². The summed E-state index contributed by atoms with van der Waals surface area (Å²) in [6, 6.07) is 9.12. The fourth-order valence-electron chi connectivity index (χ4n) is 3.00. The first-order valence-electron chi connectivity index (χ1n) is 8.86. The third-order valence-corrected chi connectivity index (χ3v) is 5.36. The Labute approximate surface area is 165 Å². The SMILES string of the molecule is COc1ccc(OC)c(NC(=O)Cn2nc(-c3cccs3)n(C3CC3)c2=O)c1. The van der Waals surface area contributed by atoms with Crippen LogP contribution in [0.15, 0.2) is 40.5 Å². The van der Waals surface area contributed by atoms with Gasteiger partial charge in [-0.3, -0.25) is 9.36 Å². The molecule has 0 unspecified atom stereocenters. The quantitative estimate of drug-likeness (QED) is 0.659. The van der Waals surface area contributed by atoms with Gasteiger partial charge in [0.1, 0.15) is 18.0 Å². The van der Waals surface area contributed by atoms with Crippen LogP contribution in [0.5, 0.6) is 11.5 Å². The predicted molar refractivity (Wildman–Crippen MR) is 106 cm³/mol. The van der Waals surface area contributed by atoms with Gasteiger partial charge in [-0.2, -0.15) is 0 Å². The molecule has 1 aliphatic rings. The predicted octanol–water partition coefficient (Wildman–Crippen LogP) is 2.76. The Morgan fingerprint density at radius 1 is 1.29 bits per heavy atom. The van der Waals surface area contributed by atoms with E-state index in [4.69, 9.17) is 9.47 Å². The van der Waals surface area contributed by atoms with Crippen molar-refractivity contribution in [1.29, 1.82) is 0 Å². The average Bonchev–Trinajstić information content (AvgIpc) is 3.27. The highest BCUT2D eigenvalue weighted by molar-refractivity contribution is 7.13. The molecule has 1 saturated carbocycles. The number of amides is 1. The van der Waals surface area contributed by atoms with Crippen LogP contribution in [0.3, 0.4) is 0 Å². The summed E-state index contributed by atoms with van der Waals surface area (Å²) in [7, 11) is 3.07. The maximum Gasteiger partial charge on any atom is 0.346 e. The van der Waals surface area contributed by atoms with E-state index in [1.54, 1.807) is 29.9 Å². The number of ether oxygens (including phenoxy) is 2. The maximum absolute atomic E-state index is 12.8. The number of methoxy groups -OCH3 is 2. The Bertz CT molecular complexity index is 1050. The topological polar surface area (TPSA) is 87.4 Å². The Balaban J connectivity index is 1.59. The van der Waals surface area contributed by atoms with E-state index in [1.807, 2.05) is 17.5 Å². The second-order valence-electron chi connectivity index (χ2n) is 6.46. The van der Waals surface area contributed by atoms with Crippen molar-refractivity contribution >= 4 is 22.9 Å². The van der Waals surface area contributed by atoms with Gasteiger partial charge in [0.15, 0.2) is 5.82 Å². The lowest BCUT2D eigenvalue weighted by molar-refractivity contribution is -0.117. The summed E-state index contributed by atoms with van der Waals surface area (Å²) in [6.07, 6.45) is 1.91. The fourth-order valence-corrected chi connectivity index (χ4v) is 3.70. The Morgan fingerprint density at radius 2 is 2.11 bits per heavy atom. The molecule has 28 heavy (non-hydrogen) atoms. The van der Waals surface area contributed by atoms with Gasteiger partial charge < -0.3 is 14.8 Å². The molecule has 1 amide bonds. The third kappa shape index (κ3) is 3.53. The standard InChI is InChI=1S/C19H20N4O4S/c1-26-13-7-8-15(27-2)14(10-13)20-17(24)11-22-19(25)23(12-5-6-12)18(21-22)16-4-3-9-28-16/h3-4,7-10,12H,5-6,11H2,1-2H3,(H,20,24). The first kappa shape index (κ1) is 18.3. The van der Waals surface area contributed by atoms with Gasteiger partial charge in [0, 0.05) is 12.1 Å². The molecule has 8 nitrogen and oxygen atoms in total. The van der Waals surface area contributed by atoms with Crippen LogP contribution in [0.2, 0.25) is 0 Å². The monoisotopic (exact) mass is 400 g/mol. The highest BCUT2D eigenvalue weighted by atomic mass is 32.1. The number of aromatic nitrogens is 3. The lowest BCUT2D eigenvalue weighted by atomic mass is 10.2. The summed E-state index contributed by atoms with van der Waals surface area (Å²) in [5.41, 5.74) is 0.207. The normalized spacial score (nSPS) is 13.4. The Morgan fingerprint density at radius 3 is 2.75 bits per heavy atom. The number of rotatable bonds is 7. The summed E-state index contributed by atoms with van der Waals surface area (Å²) < 4.78 is 13.4. The van der Waals surface area contributed by atoms with E-state index in [-0.39, 0.29) is 24.2 Å². The zero-order valence-corrected chi connectivity index (χ0v) is 16.4. The molecule has 0 spiro atoms. The van der Waals surface area contributed by atoms with Gasteiger partial charge in [-0.1, -0.05) is 6.07 Å². The van der Waals surface area contributed by atoms with Gasteiger partial charge in [0.05, 0.1) is 24.8 Å². The molecule has 2 heterocycles. The molecule has 146 valence electrons. The van der Waals surface area contributed by atoms with Crippen LogP contribution in [0, 0.1) is 0 Å². The van der Waals surface area contributed by atoms with Crippen LogP contribution in [0.25, 0.3) is 10.7 Å². The van der Waals surface area contributed by atoms with Gasteiger partial charge >= 0.3 is 5.69 Å². The van der Waals surface area contributed by atoms with Crippen LogP contribution in [0.4, 0.5) is 5.69 Å². The van der Waals surface area contributed by atoms with Crippen molar-refractivity contribution in [3.8, 4) is 22.2 Å². The number of carbonyl (C=O) groups excluding carboxylic acids is 1. The van der Waals surface area contributed by atoms with E-state index in [9.17, 15) is 9.59 Å². The summed E-state index contributed by atoms with van der Waals surface area (Å²) in [6.45, 7) is -0.183. The minimum absolute atomic E-state index is 0.167. The molecule has 0 atom stereocenters. The van der Waals surface area contributed by atoms with Crippen LogP contribution in [-0.4, -0.2) is 34.5 Å². The minimum Gasteiger partial charge on any atom is -0.497 e. The molecular formula is C19H20N4O4S. The molecule has 1 aromatic carbocycles. The second-order valence-corrected chi connectivity index (χ2v) is 7.40. The van der Waals surface area contributed by atoms with Crippen LogP contribution in [0.1, 0.15) is 18.9 Å². The number of hydrogen-bond donors (Lipinski definition) is 1. The zero-order valence-electron chi connectivity index (χ0n) is 15.5. The van der Waals surface area contributed by atoms with E-state index in [0.29, 0.717) is 23.0 Å². The third-order valence-electron chi connectivity index (χ3n) is 4.50. The van der Waals surface area contributed by atoms with Crippen LogP contribution < -0.4 is 20.5 Å². The van der Waals surface area contributed by atoms with Gasteiger partial charge in [-0.15, -0.1) is 16.4 Å². The number of nitrogens with one attached hydrogen (secondary N) is 1. The first-order chi connectivity index (χ1) is 13.6. The highest BCUT2D eigenvalue weighted by Gasteiger charge is 2.31. The smallest absolute Gasteiger partial charge is 0.346 e. The molecule has 4 rings (SSSR count). The van der Waals surface area contributed by atoms with Crippen molar-refractivity contribution in [3.05, 3.63) is 46.2 Å². The summed E-state index contributed by atoms with van der Waals surface area (Å²) in [4.78, 5) is 26.3. The maximum atomic E-state index is 12.8. The number of benzene rings is 1. The summed E-state index contributed by atoms with van der Waals surface area (Å²) >= 11 is 1.52. The summed E-state index contributed by atoms with van der Waals surface area (Å²) in [5, 5.41) is 9.14. The number of thiophene rings is 1. The van der Waals surface area contributed by atoms with Crippen molar-refractivity contribution in [2.45, 2.75) is 25.4 Å². The fraction of sp³-hybridized carbons (Fsp3) is 0.316. The molecule has 0 aliphatic heterocycles. The Hall–Kier alpha value is -3.07. The molecule has 3 aromatic rings. The molecule has 0 saturated heterocycles. The number of hydrogen-bond acceptors (Lipinski definition) is 6. The Kier molecular flexibility index (Phi) is 4.91. The highest BCUT2D eigenvalue weighted by Crippen LogP contribution is 2.37. The molecule has 1 N–H and O–H groups in total. The molecule has 2 aromatic heterocycles. The number of nitrogens with zero attached hydrogens (tertiary/aromatic N) is 3. The molecule has 0 radical (unpaired) electrons. The van der Waals surface area contributed by atoms with Gasteiger partial charge in [0.25, 0.3) is 0 Å². The largest absolute Gasteiger partial charge is 0.497 e. The van der Waals surface area contributed by atoms with Gasteiger partial charge in [0.2, 0.25) is 5.91 Å². The van der Waals surface area contributed by atoms with Gasteiger partial charge in [-0.05, 0) is 36.4 Å². The first-order valence-corrected chi connectivity index (χ1v) is 9.73. The van der Waals surface area contributed by atoms with Crippen molar-refractivity contribution in [1.82, 2.24) is 14.3 Å². The molecule has 1 aliphatic carbocycles. The zero-order chi connectivity index (χ0) is 19.7. The number of carbonyl (C=O) groups is 1. The van der Waals surface area contributed by atoms with E-state index in [1.165, 1.54) is 23.1 Å². The minimum atomic E-state index is -0.369. The van der Waals surface area contributed by atoms with E-state index in [2.05, 4.69) is 10.4 Å². The van der Waals surface area contributed by atoms with Crippen LogP contribution in [-0.2, 0) is 11.3 Å². The van der Waals surface area contributed by atoms with E-state index < -0.39 is 0 Å². The average molecular weight is 400 g/mol. The number of anilines is 1. The van der Waals surface area contributed by atoms with Gasteiger partial charge in [-0.25, -0.2) is 9.48 Å². The van der Waals surface area contributed by atoms with Crippen molar-refractivity contribution < 1.29 is 14.3 Å². The molecule has 0 bridgehead atoms. The van der Waals surface area contributed by atoms with Crippen LogP contribution >= 0.6 is 11.3 Å². The molecule has 9 heteroatoms. The van der Waals surface area contributed by atoms with Crippen molar-refractivity contribution in [2.75, 3.05) is 19.5 Å². The van der Waals surface area contributed by atoms with E-state index >= 15 is 0 Å². The van der Waals surface area contributed by atoms with Crippen molar-refractivity contribution in [3.63, 3.8) is 0 Å². The van der Waals surface area contributed by atoms with Crippen molar-refractivity contribution in [2.24, 2.45) is 0 Å². The lowest BCUT2D eigenvalue weighted by Gasteiger charge is -2.11. The lowest BCUT2D eigenvalue weighted by Crippen LogP contribution is -2.30. The molecular weight excluding hydrogens is 380 g/mol. The molecule has 1 fully saturated rings.